The molecule has 3 heteroatoms. The number of hydrogen-bond donors (Lipinski definition) is 0. The van der Waals surface area contributed by atoms with E-state index in [1.54, 1.807) is 6.20 Å². The van der Waals surface area contributed by atoms with Crippen LogP contribution in [-0.4, -0.2) is 16.2 Å². The van der Waals surface area contributed by atoms with Crippen molar-refractivity contribution in [2.24, 2.45) is 5.41 Å². The summed E-state index contributed by atoms with van der Waals surface area (Å²) in [6, 6.07) is 0. The second-order valence-corrected chi connectivity index (χ2v) is 4.44. The molecule has 0 unspecified atom stereocenters. The van der Waals surface area contributed by atoms with E-state index in [1.807, 2.05) is 19.4 Å². The number of ether oxygens (including phenoxy) is 1. The first-order valence-electron chi connectivity index (χ1n) is 4.88. The van der Waals surface area contributed by atoms with Crippen molar-refractivity contribution in [1.82, 2.24) is 9.55 Å². The van der Waals surface area contributed by atoms with Crippen molar-refractivity contribution in [3.05, 3.63) is 30.1 Å². The van der Waals surface area contributed by atoms with E-state index < -0.39 is 0 Å². The van der Waals surface area contributed by atoms with Gasteiger partial charge in [-0.3, -0.25) is 0 Å². The number of rotatable bonds is 2. The highest BCUT2D eigenvalue weighted by Crippen LogP contribution is 2.36. The summed E-state index contributed by atoms with van der Waals surface area (Å²) in [7, 11) is 0. The Labute approximate surface area is 84.4 Å². The zero-order chi connectivity index (χ0) is 10.2. The highest BCUT2D eigenvalue weighted by Gasteiger charge is 2.32. The average molecular weight is 192 g/mol. The van der Waals surface area contributed by atoms with Crippen molar-refractivity contribution in [2.45, 2.75) is 27.3 Å². The molecule has 0 saturated carbocycles. The molecule has 0 radical (unpaired) electrons. The van der Waals surface area contributed by atoms with Crippen LogP contribution >= 0.6 is 0 Å². The molecule has 0 spiro atoms. The molecular formula is C11H16N2O. The molecule has 3 nitrogen and oxygen atoms in total. The van der Waals surface area contributed by atoms with E-state index in [9.17, 15) is 0 Å². The molecule has 0 aromatic carbocycles. The number of allylic oxidation sites excluding steroid dienone is 1. The lowest BCUT2D eigenvalue weighted by Crippen LogP contribution is -2.18. The predicted octanol–water partition coefficient (Wildman–Crippen LogP) is 2.21. The fourth-order valence-electron chi connectivity index (χ4n) is 1.83. The van der Waals surface area contributed by atoms with Gasteiger partial charge in [-0.1, -0.05) is 13.8 Å². The Hall–Kier alpha value is -1.25. The summed E-state index contributed by atoms with van der Waals surface area (Å²) in [6.07, 6.45) is 5.63. The van der Waals surface area contributed by atoms with E-state index in [0.29, 0.717) is 0 Å². The fourth-order valence-corrected chi connectivity index (χ4v) is 1.83. The molecule has 1 aromatic rings. The number of imidazole rings is 1. The summed E-state index contributed by atoms with van der Waals surface area (Å²) in [5.41, 5.74) is 1.53. The number of aromatic nitrogens is 2. The molecule has 0 aliphatic carbocycles. The minimum atomic E-state index is 0.161. The van der Waals surface area contributed by atoms with E-state index in [1.165, 1.54) is 5.57 Å². The van der Waals surface area contributed by atoms with Crippen molar-refractivity contribution in [3.8, 4) is 0 Å². The van der Waals surface area contributed by atoms with Crippen LogP contribution in [0.25, 0.3) is 0 Å². The van der Waals surface area contributed by atoms with Crippen LogP contribution in [0, 0.1) is 5.41 Å². The molecule has 0 fully saturated rings. The van der Waals surface area contributed by atoms with E-state index in [0.717, 1.165) is 18.9 Å². The summed E-state index contributed by atoms with van der Waals surface area (Å²) in [6.45, 7) is 8.16. The van der Waals surface area contributed by atoms with E-state index in [2.05, 4.69) is 23.4 Å². The smallest absolute Gasteiger partial charge is 0.0967 e. The summed E-state index contributed by atoms with van der Waals surface area (Å²) >= 11 is 0. The molecule has 14 heavy (non-hydrogen) atoms. The molecule has 2 heterocycles. The van der Waals surface area contributed by atoms with Gasteiger partial charge in [0.1, 0.15) is 0 Å². The Bertz CT molecular complexity index is 349. The van der Waals surface area contributed by atoms with Crippen molar-refractivity contribution in [1.29, 1.82) is 0 Å². The molecule has 0 atom stereocenters. The molecule has 0 saturated heterocycles. The van der Waals surface area contributed by atoms with Gasteiger partial charge in [0.25, 0.3) is 0 Å². The second-order valence-electron chi connectivity index (χ2n) is 4.44. The number of hydrogen-bond acceptors (Lipinski definition) is 2. The molecule has 1 aromatic heterocycles. The second kappa shape index (κ2) is 3.15. The maximum atomic E-state index is 5.58. The van der Waals surface area contributed by atoms with Crippen molar-refractivity contribution in [2.75, 3.05) is 6.61 Å². The third-order valence-corrected chi connectivity index (χ3v) is 2.79. The first-order valence-corrected chi connectivity index (χ1v) is 4.88. The van der Waals surface area contributed by atoms with E-state index in [4.69, 9.17) is 4.74 Å². The topological polar surface area (TPSA) is 27.1 Å². The highest BCUT2D eigenvalue weighted by molar-refractivity contribution is 5.20. The van der Waals surface area contributed by atoms with Gasteiger partial charge in [0.05, 0.1) is 18.7 Å². The van der Waals surface area contributed by atoms with Crippen LogP contribution in [0.2, 0.25) is 0 Å². The first-order chi connectivity index (χ1) is 6.59. The Kier molecular flexibility index (Phi) is 2.10. The van der Waals surface area contributed by atoms with Gasteiger partial charge in [-0.15, -0.1) is 0 Å². The Morgan fingerprint density at radius 1 is 1.57 bits per heavy atom. The Balaban J connectivity index is 2.22. The third-order valence-electron chi connectivity index (χ3n) is 2.79. The maximum absolute atomic E-state index is 5.58. The van der Waals surface area contributed by atoms with Crippen LogP contribution in [0.3, 0.4) is 0 Å². The van der Waals surface area contributed by atoms with Crippen molar-refractivity contribution in [3.63, 3.8) is 0 Å². The lowest BCUT2D eigenvalue weighted by Gasteiger charge is -2.19. The number of nitrogens with zero attached hydrogens (tertiary/aromatic N) is 2. The normalized spacial score (nSPS) is 19.9. The Morgan fingerprint density at radius 2 is 2.36 bits per heavy atom. The lowest BCUT2D eigenvalue weighted by atomic mass is 9.86. The zero-order valence-electron chi connectivity index (χ0n) is 8.95. The average Bonchev–Trinajstić information content (AvgIpc) is 2.69. The van der Waals surface area contributed by atoms with Crippen LogP contribution in [0.1, 0.15) is 20.8 Å². The van der Waals surface area contributed by atoms with Crippen LogP contribution in [-0.2, 0) is 11.3 Å². The third kappa shape index (κ3) is 1.54. The summed E-state index contributed by atoms with van der Waals surface area (Å²) < 4.78 is 7.65. The minimum absolute atomic E-state index is 0.161. The van der Waals surface area contributed by atoms with Crippen LogP contribution in [0.4, 0.5) is 0 Å². The van der Waals surface area contributed by atoms with E-state index >= 15 is 0 Å². The van der Waals surface area contributed by atoms with Gasteiger partial charge in [0.15, 0.2) is 0 Å². The monoisotopic (exact) mass is 192 g/mol. The van der Waals surface area contributed by atoms with Crippen LogP contribution < -0.4 is 0 Å². The molecule has 0 amide bonds. The molecule has 2 rings (SSSR count). The maximum Gasteiger partial charge on any atom is 0.0967 e. The van der Waals surface area contributed by atoms with Crippen molar-refractivity contribution >= 4 is 0 Å². The molecule has 1 aliphatic rings. The van der Waals surface area contributed by atoms with Crippen LogP contribution in [0.15, 0.2) is 30.1 Å². The zero-order valence-corrected chi connectivity index (χ0v) is 8.95. The van der Waals surface area contributed by atoms with Gasteiger partial charge >= 0.3 is 0 Å². The predicted molar refractivity (Wildman–Crippen MR) is 54.7 cm³/mol. The van der Waals surface area contributed by atoms with Gasteiger partial charge in [-0.2, -0.15) is 0 Å². The van der Waals surface area contributed by atoms with Crippen molar-refractivity contribution < 1.29 is 4.74 Å². The van der Waals surface area contributed by atoms with Gasteiger partial charge in [-0.25, -0.2) is 4.98 Å². The molecule has 76 valence electrons. The quantitative estimate of drug-likeness (QED) is 0.718. The summed E-state index contributed by atoms with van der Waals surface area (Å²) in [5.74, 6) is 1.07. The SMILES string of the molecule is CC1=C(Cn2ccnc2)C(C)(C)CO1. The van der Waals surface area contributed by atoms with Gasteiger partial charge in [0, 0.05) is 24.4 Å². The fraction of sp³-hybridized carbons (Fsp3) is 0.545. The largest absolute Gasteiger partial charge is 0.497 e. The lowest BCUT2D eigenvalue weighted by molar-refractivity contribution is 0.185. The standard InChI is InChI=1S/C11H16N2O/c1-9-10(11(2,3)7-14-9)6-13-5-4-12-8-13/h4-5,8H,6-7H2,1-3H3. The molecule has 1 aliphatic heterocycles. The highest BCUT2D eigenvalue weighted by atomic mass is 16.5. The molecular weight excluding hydrogens is 176 g/mol. The first kappa shape index (κ1) is 9.31. The summed E-state index contributed by atoms with van der Waals surface area (Å²) in [4.78, 5) is 4.04. The van der Waals surface area contributed by atoms with Crippen LogP contribution in [0.5, 0.6) is 0 Å². The molecule has 0 bridgehead atoms. The Morgan fingerprint density at radius 3 is 2.86 bits per heavy atom. The minimum Gasteiger partial charge on any atom is -0.497 e. The van der Waals surface area contributed by atoms with Gasteiger partial charge in [-0.05, 0) is 12.5 Å². The van der Waals surface area contributed by atoms with Gasteiger partial charge in [0.2, 0.25) is 0 Å². The van der Waals surface area contributed by atoms with E-state index in [-0.39, 0.29) is 5.41 Å². The van der Waals surface area contributed by atoms with Gasteiger partial charge < -0.3 is 9.30 Å². The molecule has 0 N–H and O–H groups in total. The summed E-state index contributed by atoms with van der Waals surface area (Å²) in [5, 5.41) is 0.